The Morgan fingerprint density at radius 1 is 1.03 bits per heavy atom. The Hall–Kier alpha value is -3.06. The van der Waals surface area contributed by atoms with Gasteiger partial charge in [0, 0.05) is 17.7 Å². The van der Waals surface area contributed by atoms with Gasteiger partial charge in [-0.15, -0.1) is 0 Å². The van der Waals surface area contributed by atoms with Crippen molar-refractivity contribution in [3.05, 3.63) is 52.6 Å². The normalized spacial score (nSPS) is 15.0. The third-order valence-corrected chi connectivity index (χ3v) is 5.40. The summed E-state index contributed by atoms with van der Waals surface area (Å²) in [7, 11) is 1.34. The number of methoxy groups -OCH3 is 1. The van der Waals surface area contributed by atoms with Crippen molar-refractivity contribution in [2.45, 2.75) is 33.7 Å². The molecule has 31 heavy (non-hydrogen) atoms. The number of carbonyl (C=O) groups excluding carboxylic acids is 2. The van der Waals surface area contributed by atoms with Crippen molar-refractivity contribution in [2.24, 2.45) is 0 Å². The Balaban J connectivity index is 1.68. The first-order valence-electron chi connectivity index (χ1n) is 10.7. The number of nitrogens with one attached hydrogen (secondary N) is 2. The van der Waals surface area contributed by atoms with Gasteiger partial charge in [-0.25, -0.2) is 4.79 Å². The maximum Gasteiger partial charge on any atom is 0.337 e. The van der Waals surface area contributed by atoms with Gasteiger partial charge < -0.3 is 24.4 Å². The standard InChI is InChI=1S/C24H30N2O5/c1-5-30-21-12-17-9-10-26(14-19(17)13-22(21)31-6-2)15-23(27)25-20-11-18(24(28)29-4)8-7-16(20)3/h7-8,11-13H,5-6,9-10,14-15H2,1-4H3,(H,25,27)/p+1. The number of hydrogen-bond acceptors (Lipinski definition) is 5. The van der Waals surface area contributed by atoms with Crippen LogP contribution in [0.4, 0.5) is 5.69 Å². The molecule has 1 aliphatic heterocycles. The van der Waals surface area contributed by atoms with E-state index in [-0.39, 0.29) is 5.91 Å². The highest BCUT2D eigenvalue weighted by Gasteiger charge is 2.24. The molecule has 0 aromatic heterocycles. The van der Waals surface area contributed by atoms with Crippen molar-refractivity contribution < 1.29 is 28.7 Å². The van der Waals surface area contributed by atoms with E-state index in [1.54, 1.807) is 18.2 Å². The minimum atomic E-state index is -0.426. The SMILES string of the molecule is CCOc1cc2c(cc1OCC)C[NH+](CC(=O)Nc1cc(C(=O)OC)ccc1C)CC2. The molecule has 2 aromatic carbocycles. The summed E-state index contributed by atoms with van der Waals surface area (Å²) in [4.78, 5) is 25.7. The summed E-state index contributed by atoms with van der Waals surface area (Å²) in [6.45, 7) is 8.92. The van der Waals surface area contributed by atoms with Crippen molar-refractivity contribution in [1.82, 2.24) is 0 Å². The molecule has 0 saturated heterocycles. The highest BCUT2D eigenvalue weighted by atomic mass is 16.5. The summed E-state index contributed by atoms with van der Waals surface area (Å²) in [6.07, 6.45) is 0.876. The predicted octanol–water partition coefficient (Wildman–Crippen LogP) is 2.16. The molecule has 166 valence electrons. The molecule has 1 atom stereocenters. The molecule has 0 aliphatic carbocycles. The first-order valence-corrected chi connectivity index (χ1v) is 10.7. The van der Waals surface area contributed by atoms with Crippen LogP contribution in [0.5, 0.6) is 11.5 Å². The topological polar surface area (TPSA) is 78.3 Å². The fourth-order valence-corrected chi connectivity index (χ4v) is 3.82. The Morgan fingerprint density at radius 3 is 2.35 bits per heavy atom. The number of carbonyl (C=O) groups is 2. The number of anilines is 1. The van der Waals surface area contributed by atoms with E-state index < -0.39 is 5.97 Å². The molecule has 7 nitrogen and oxygen atoms in total. The number of fused-ring (bicyclic) bond motifs is 1. The Kier molecular flexibility index (Phi) is 7.52. The van der Waals surface area contributed by atoms with E-state index >= 15 is 0 Å². The minimum Gasteiger partial charge on any atom is -0.490 e. The number of amides is 1. The molecule has 1 heterocycles. The molecular weight excluding hydrogens is 396 g/mol. The van der Waals surface area contributed by atoms with Crippen LogP contribution < -0.4 is 19.7 Å². The number of rotatable bonds is 8. The highest BCUT2D eigenvalue weighted by Crippen LogP contribution is 2.32. The van der Waals surface area contributed by atoms with Gasteiger partial charge in [-0.2, -0.15) is 0 Å². The smallest absolute Gasteiger partial charge is 0.337 e. The first kappa shape index (κ1) is 22.6. The van der Waals surface area contributed by atoms with Gasteiger partial charge in [-0.3, -0.25) is 4.79 Å². The van der Waals surface area contributed by atoms with Gasteiger partial charge in [0.05, 0.1) is 32.4 Å². The highest BCUT2D eigenvalue weighted by molar-refractivity contribution is 5.95. The number of quaternary nitrogens is 1. The van der Waals surface area contributed by atoms with E-state index in [9.17, 15) is 9.59 Å². The van der Waals surface area contributed by atoms with Crippen molar-refractivity contribution in [1.29, 1.82) is 0 Å². The number of benzene rings is 2. The van der Waals surface area contributed by atoms with Crippen LogP contribution in [0.3, 0.4) is 0 Å². The lowest BCUT2D eigenvalue weighted by molar-refractivity contribution is -0.907. The summed E-state index contributed by atoms with van der Waals surface area (Å²) in [5.74, 6) is 1.03. The first-order chi connectivity index (χ1) is 14.9. The summed E-state index contributed by atoms with van der Waals surface area (Å²) in [5.41, 5.74) is 4.37. The van der Waals surface area contributed by atoms with E-state index in [0.29, 0.717) is 31.0 Å². The van der Waals surface area contributed by atoms with Crippen molar-refractivity contribution >= 4 is 17.6 Å². The lowest BCUT2D eigenvalue weighted by Crippen LogP contribution is -3.12. The monoisotopic (exact) mass is 427 g/mol. The van der Waals surface area contributed by atoms with Crippen LogP contribution in [0.15, 0.2) is 30.3 Å². The third-order valence-electron chi connectivity index (χ3n) is 5.40. The summed E-state index contributed by atoms with van der Waals surface area (Å²) >= 11 is 0. The van der Waals surface area contributed by atoms with Gasteiger partial charge in [0.2, 0.25) is 0 Å². The fraction of sp³-hybridized carbons (Fsp3) is 0.417. The molecule has 2 aromatic rings. The summed E-state index contributed by atoms with van der Waals surface area (Å²) < 4.78 is 16.2. The molecule has 7 heteroatoms. The largest absolute Gasteiger partial charge is 0.490 e. The van der Waals surface area contributed by atoms with Crippen molar-refractivity contribution in [3.8, 4) is 11.5 Å². The lowest BCUT2D eigenvalue weighted by Gasteiger charge is -2.26. The Labute approximate surface area is 183 Å². The van der Waals surface area contributed by atoms with Gasteiger partial charge >= 0.3 is 5.97 Å². The predicted molar refractivity (Wildman–Crippen MR) is 118 cm³/mol. The number of ether oxygens (including phenoxy) is 3. The third kappa shape index (κ3) is 5.55. The van der Waals surface area contributed by atoms with Crippen molar-refractivity contribution in [3.63, 3.8) is 0 Å². The minimum absolute atomic E-state index is 0.0838. The molecule has 0 saturated carbocycles. The molecule has 1 aliphatic rings. The lowest BCUT2D eigenvalue weighted by atomic mass is 9.98. The molecule has 1 amide bonds. The van der Waals surface area contributed by atoms with Gasteiger partial charge in [-0.05, 0) is 56.2 Å². The number of esters is 1. The molecule has 0 spiro atoms. The molecule has 0 fully saturated rings. The summed E-state index contributed by atoms with van der Waals surface area (Å²) in [5, 5.41) is 2.95. The van der Waals surface area contributed by atoms with Crippen LogP contribution in [-0.4, -0.2) is 45.3 Å². The van der Waals surface area contributed by atoms with Crippen LogP contribution >= 0.6 is 0 Å². The van der Waals surface area contributed by atoms with Crippen LogP contribution in [-0.2, 0) is 22.5 Å². The van der Waals surface area contributed by atoms with Crippen molar-refractivity contribution in [2.75, 3.05) is 38.7 Å². The van der Waals surface area contributed by atoms with E-state index in [4.69, 9.17) is 14.2 Å². The second-order valence-electron chi connectivity index (χ2n) is 7.61. The Bertz CT molecular complexity index is 957. The summed E-state index contributed by atoms with van der Waals surface area (Å²) in [6, 6.07) is 9.27. The van der Waals surface area contributed by atoms with E-state index in [1.165, 1.54) is 23.1 Å². The maximum absolute atomic E-state index is 12.7. The fourth-order valence-electron chi connectivity index (χ4n) is 3.82. The van der Waals surface area contributed by atoms with Crippen LogP contribution in [0.25, 0.3) is 0 Å². The maximum atomic E-state index is 12.7. The molecular formula is C24H31N2O5+. The average molecular weight is 428 g/mol. The molecule has 2 N–H and O–H groups in total. The van der Waals surface area contributed by atoms with Gasteiger partial charge in [-0.1, -0.05) is 6.07 Å². The Morgan fingerprint density at radius 2 is 1.71 bits per heavy atom. The van der Waals surface area contributed by atoms with Gasteiger partial charge in [0.1, 0.15) is 6.54 Å². The van der Waals surface area contributed by atoms with Gasteiger partial charge in [0.15, 0.2) is 18.0 Å². The zero-order valence-electron chi connectivity index (χ0n) is 18.7. The number of hydrogen-bond donors (Lipinski definition) is 2. The van der Waals surface area contributed by atoms with Crippen LogP contribution in [0.2, 0.25) is 0 Å². The van der Waals surface area contributed by atoms with E-state index in [1.807, 2.05) is 26.8 Å². The second kappa shape index (κ2) is 10.3. The van der Waals surface area contributed by atoms with Crippen LogP contribution in [0, 0.1) is 6.92 Å². The second-order valence-corrected chi connectivity index (χ2v) is 7.61. The van der Waals surface area contributed by atoms with E-state index in [0.717, 1.165) is 36.6 Å². The van der Waals surface area contributed by atoms with Crippen LogP contribution in [0.1, 0.15) is 40.9 Å². The van der Waals surface area contributed by atoms with E-state index in [2.05, 4.69) is 11.4 Å². The van der Waals surface area contributed by atoms with Gasteiger partial charge in [0.25, 0.3) is 5.91 Å². The molecule has 0 radical (unpaired) electrons. The number of aryl methyl sites for hydroxylation is 1. The molecule has 0 bridgehead atoms. The zero-order valence-corrected chi connectivity index (χ0v) is 18.7. The molecule has 3 rings (SSSR count). The molecule has 1 unspecified atom stereocenters. The zero-order chi connectivity index (χ0) is 22.4. The average Bonchev–Trinajstić information content (AvgIpc) is 2.75. The quantitative estimate of drug-likeness (QED) is 0.632.